The number of nitrogens with zero attached hydrogens (tertiary/aromatic N) is 3. The number of aromatic nitrogens is 2. The molecule has 18 heavy (non-hydrogen) atoms. The van der Waals surface area contributed by atoms with Gasteiger partial charge in [0.2, 0.25) is 0 Å². The highest BCUT2D eigenvalue weighted by molar-refractivity contribution is 5.92. The first-order chi connectivity index (χ1) is 8.54. The summed E-state index contributed by atoms with van der Waals surface area (Å²) in [7, 11) is 1.67. The van der Waals surface area contributed by atoms with Gasteiger partial charge >= 0.3 is 0 Å². The fourth-order valence-electron chi connectivity index (χ4n) is 2.04. The van der Waals surface area contributed by atoms with E-state index in [1.54, 1.807) is 7.05 Å². The zero-order valence-electron chi connectivity index (χ0n) is 11.7. The van der Waals surface area contributed by atoms with Gasteiger partial charge < -0.3 is 10.0 Å². The summed E-state index contributed by atoms with van der Waals surface area (Å²) in [5, 5.41) is 13.2. The highest BCUT2D eigenvalue weighted by Gasteiger charge is 2.18. The van der Waals surface area contributed by atoms with Gasteiger partial charge in [-0.3, -0.25) is 9.48 Å². The van der Waals surface area contributed by atoms with Crippen molar-refractivity contribution >= 4 is 5.91 Å². The van der Waals surface area contributed by atoms with Crippen molar-refractivity contribution in [3.63, 3.8) is 0 Å². The third-order valence-electron chi connectivity index (χ3n) is 3.21. The summed E-state index contributed by atoms with van der Waals surface area (Å²) < 4.78 is 1.93. The van der Waals surface area contributed by atoms with E-state index in [0.717, 1.165) is 18.5 Å². The lowest BCUT2D eigenvalue weighted by molar-refractivity contribution is 0.0760. The Bertz CT molecular complexity index is 397. The Morgan fingerprint density at radius 3 is 2.61 bits per heavy atom. The number of aliphatic hydroxyl groups excluding tert-OH is 1. The molecular formula is C13H23N3O2. The molecule has 1 rings (SSSR count). The highest BCUT2D eigenvalue weighted by Crippen LogP contribution is 2.18. The van der Waals surface area contributed by atoms with Crippen molar-refractivity contribution in [1.29, 1.82) is 0 Å². The minimum absolute atomic E-state index is 0.0333. The maximum atomic E-state index is 12.0. The molecule has 0 aliphatic carbocycles. The van der Waals surface area contributed by atoms with Crippen LogP contribution in [0.4, 0.5) is 0 Å². The van der Waals surface area contributed by atoms with E-state index < -0.39 is 0 Å². The van der Waals surface area contributed by atoms with Crippen LogP contribution in [0, 0.1) is 6.92 Å². The number of rotatable bonds is 6. The largest absolute Gasteiger partial charge is 0.395 e. The summed E-state index contributed by atoms with van der Waals surface area (Å²) in [5.74, 6) is -0.142. The molecule has 0 unspecified atom stereocenters. The Morgan fingerprint density at radius 2 is 2.11 bits per heavy atom. The lowest BCUT2D eigenvalue weighted by Gasteiger charge is -2.15. The lowest BCUT2D eigenvalue weighted by Crippen LogP contribution is -2.30. The Hall–Kier alpha value is -1.36. The zero-order chi connectivity index (χ0) is 13.7. The van der Waals surface area contributed by atoms with Crippen LogP contribution >= 0.6 is 0 Å². The molecule has 1 aromatic rings. The van der Waals surface area contributed by atoms with Gasteiger partial charge in [-0.1, -0.05) is 13.8 Å². The van der Waals surface area contributed by atoms with E-state index in [-0.39, 0.29) is 12.5 Å². The Morgan fingerprint density at radius 1 is 1.50 bits per heavy atom. The monoisotopic (exact) mass is 253 g/mol. The first-order valence-corrected chi connectivity index (χ1v) is 6.47. The number of carbonyl (C=O) groups excluding carboxylic acids is 1. The van der Waals surface area contributed by atoms with Crippen LogP contribution in [0.25, 0.3) is 0 Å². The van der Waals surface area contributed by atoms with Gasteiger partial charge in [-0.05, 0) is 25.8 Å². The molecular weight excluding hydrogens is 230 g/mol. The third kappa shape index (κ3) is 3.10. The summed E-state index contributed by atoms with van der Waals surface area (Å²) in [6, 6.07) is 2.16. The SMILES string of the molecule is CCC(CC)n1nc(C(=O)N(C)CCO)cc1C. The minimum Gasteiger partial charge on any atom is -0.395 e. The van der Waals surface area contributed by atoms with Gasteiger partial charge in [-0.25, -0.2) is 0 Å². The average molecular weight is 253 g/mol. The van der Waals surface area contributed by atoms with Crippen LogP contribution in [0.15, 0.2) is 6.07 Å². The van der Waals surface area contributed by atoms with E-state index >= 15 is 0 Å². The van der Waals surface area contributed by atoms with Crippen LogP contribution in [-0.2, 0) is 0 Å². The molecule has 1 N–H and O–H groups in total. The quantitative estimate of drug-likeness (QED) is 0.838. The third-order valence-corrected chi connectivity index (χ3v) is 3.21. The van der Waals surface area contributed by atoms with Crippen LogP contribution in [0.3, 0.4) is 0 Å². The Kier molecular flexibility index (Phi) is 5.34. The van der Waals surface area contributed by atoms with Gasteiger partial charge in [0.1, 0.15) is 0 Å². The zero-order valence-corrected chi connectivity index (χ0v) is 11.7. The molecule has 0 saturated heterocycles. The molecule has 1 heterocycles. The summed E-state index contributed by atoms with van der Waals surface area (Å²) >= 11 is 0. The van der Waals surface area contributed by atoms with Gasteiger partial charge in [0.25, 0.3) is 5.91 Å². The molecule has 0 radical (unpaired) electrons. The van der Waals surface area contributed by atoms with Crippen molar-refractivity contribution in [1.82, 2.24) is 14.7 Å². The molecule has 5 nitrogen and oxygen atoms in total. The second-order valence-corrected chi connectivity index (χ2v) is 4.54. The van der Waals surface area contributed by atoms with Gasteiger partial charge in [0.15, 0.2) is 5.69 Å². The summed E-state index contributed by atoms with van der Waals surface area (Å²) in [6.45, 7) is 6.50. The van der Waals surface area contributed by atoms with E-state index in [9.17, 15) is 4.79 Å². The van der Waals surface area contributed by atoms with Gasteiger partial charge in [0, 0.05) is 19.3 Å². The molecule has 1 amide bonds. The predicted molar refractivity (Wildman–Crippen MR) is 70.6 cm³/mol. The number of hydrogen-bond donors (Lipinski definition) is 1. The summed E-state index contributed by atoms with van der Waals surface area (Å²) in [6.07, 6.45) is 2.00. The second kappa shape index (κ2) is 6.54. The second-order valence-electron chi connectivity index (χ2n) is 4.54. The molecule has 1 aromatic heterocycles. The van der Waals surface area contributed by atoms with Crippen LogP contribution in [0.2, 0.25) is 0 Å². The molecule has 0 fully saturated rings. The number of aliphatic hydroxyl groups is 1. The van der Waals surface area contributed by atoms with Crippen LogP contribution < -0.4 is 0 Å². The molecule has 0 aliphatic rings. The molecule has 0 saturated carbocycles. The number of hydrogen-bond acceptors (Lipinski definition) is 3. The van der Waals surface area contributed by atoms with E-state index in [4.69, 9.17) is 5.11 Å². The highest BCUT2D eigenvalue weighted by atomic mass is 16.3. The first kappa shape index (κ1) is 14.7. The maximum absolute atomic E-state index is 12.0. The van der Waals surface area contributed by atoms with E-state index in [0.29, 0.717) is 18.3 Å². The fourth-order valence-corrected chi connectivity index (χ4v) is 2.04. The topological polar surface area (TPSA) is 58.4 Å². The van der Waals surface area contributed by atoms with Crippen LogP contribution in [0.5, 0.6) is 0 Å². The van der Waals surface area contributed by atoms with Crippen LogP contribution in [0.1, 0.15) is 48.9 Å². The van der Waals surface area contributed by atoms with Crippen molar-refractivity contribution < 1.29 is 9.90 Å². The standard InChI is InChI=1S/C13H23N3O2/c1-5-11(6-2)16-10(3)9-12(14-16)13(18)15(4)7-8-17/h9,11,17H,5-8H2,1-4H3. The predicted octanol–water partition coefficient (Wildman–Crippen LogP) is 1.62. The summed E-state index contributed by atoms with van der Waals surface area (Å²) in [5.41, 5.74) is 1.46. The first-order valence-electron chi connectivity index (χ1n) is 6.47. The van der Waals surface area contributed by atoms with E-state index in [1.807, 2.05) is 17.7 Å². The van der Waals surface area contributed by atoms with Crippen molar-refractivity contribution in [2.24, 2.45) is 0 Å². The molecule has 0 atom stereocenters. The van der Waals surface area contributed by atoms with Crippen molar-refractivity contribution in [3.05, 3.63) is 17.5 Å². The number of carbonyl (C=O) groups is 1. The van der Waals surface area contributed by atoms with Crippen molar-refractivity contribution in [2.45, 2.75) is 39.7 Å². The van der Waals surface area contributed by atoms with Gasteiger partial charge in [-0.15, -0.1) is 0 Å². The molecule has 0 aromatic carbocycles. The number of aryl methyl sites for hydroxylation is 1. The maximum Gasteiger partial charge on any atom is 0.274 e. The molecule has 0 spiro atoms. The molecule has 5 heteroatoms. The van der Waals surface area contributed by atoms with Gasteiger partial charge in [0.05, 0.1) is 12.6 Å². The Balaban J connectivity index is 2.93. The fraction of sp³-hybridized carbons (Fsp3) is 0.692. The number of likely N-dealkylation sites (N-methyl/N-ethyl adjacent to an activating group) is 1. The van der Waals surface area contributed by atoms with Crippen LogP contribution in [-0.4, -0.2) is 45.9 Å². The average Bonchev–Trinajstić information content (AvgIpc) is 2.73. The van der Waals surface area contributed by atoms with E-state index in [1.165, 1.54) is 4.90 Å². The lowest BCUT2D eigenvalue weighted by atomic mass is 10.2. The van der Waals surface area contributed by atoms with E-state index in [2.05, 4.69) is 18.9 Å². The molecule has 102 valence electrons. The molecule has 0 aliphatic heterocycles. The Labute approximate surface area is 108 Å². The normalized spacial score (nSPS) is 11.0. The van der Waals surface area contributed by atoms with Crippen molar-refractivity contribution in [3.8, 4) is 0 Å². The minimum atomic E-state index is -0.142. The smallest absolute Gasteiger partial charge is 0.274 e. The summed E-state index contributed by atoms with van der Waals surface area (Å²) in [4.78, 5) is 13.5. The number of amides is 1. The molecule has 0 bridgehead atoms. The van der Waals surface area contributed by atoms with Crippen molar-refractivity contribution in [2.75, 3.05) is 20.2 Å². The van der Waals surface area contributed by atoms with Gasteiger partial charge in [-0.2, -0.15) is 5.10 Å².